The standard InChI is InChI=1S/C20H23N3O2S/c1-4-25-15-11-9-14(10-12-15)21-18(24)13-26-19-16-7-5-6-8-17(16)22-20(2,3)23-19/h5-12,22H,4,13H2,1-3H3,(H,21,24). The molecule has 0 radical (unpaired) electrons. The van der Waals surface area contributed by atoms with E-state index in [0.717, 1.165) is 27.7 Å². The number of thioether (sulfide) groups is 1. The Morgan fingerprint density at radius 1 is 1.19 bits per heavy atom. The lowest BCUT2D eigenvalue weighted by Gasteiger charge is -2.30. The van der Waals surface area contributed by atoms with Crippen LogP contribution < -0.4 is 15.4 Å². The fraction of sp³-hybridized carbons (Fsp3) is 0.300. The minimum atomic E-state index is -0.387. The summed E-state index contributed by atoms with van der Waals surface area (Å²) in [5.41, 5.74) is 2.45. The average molecular weight is 369 g/mol. The van der Waals surface area contributed by atoms with Gasteiger partial charge < -0.3 is 15.4 Å². The zero-order valence-corrected chi connectivity index (χ0v) is 16.0. The predicted octanol–water partition coefficient (Wildman–Crippen LogP) is 4.37. The first-order valence-electron chi connectivity index (χ1n) is 8.60. The number of nitrogens with one attached hydrogen (secondary N) is 2. The van der Waals surface area contributed by atoms with E-state index in [1.165, 1.54) is 11.8 Å². The Bertz CT molecular complexity index is 816. The van der Waals surface area contributed by atoms with E-state index in [2.05, 4.69) is 10.6 Å². The minimum Gasteiger partial charge on any atom is -0.494 e. The zero-order chi connectivity index (χ0) is 18.6. The van der Waals surface area contributed by atoms with Crippen LogP contribution in [0.5, 0.6) is 5.75 Å². The first-order valence-corrected chi connectivity index (χ1v) is 9.58. The molecule has 6 heteroatoms. The number of carbonyl (C=O) groups is 1. The van der Waals surface area contributed by atoms with Crippen molar-refractivity contribution in [1.82, 2.24) is 0 Å². The molecule has 3 rings (SSSR count). The fourth-order valence-electron chi connectivity index (χ4n) is 2.69. The smallest absolute Gasteiger partial charge is 0.234 e. The number of rotatable bonds is 5. The molecule has 1 aliphatic heterocycles. The van der Waals surface area contributed by atoms with Gasteiger partial charge in [-0.05, 0) is 51.1 Å². The first-order chi connectivity index (χ1) is 12.5. The third kappa shape index (κ3) is 4.58. The highest BCUT2D eigenvalue weighted by atomic mass is 32.2. The Balaban J connectivity index is 1.62. The number of ether oxygens (including phenoxy) is 1. The third-order valence-corrected chi connectivity index (χ3v) is 4.76. The summed E-state index contributed by atoms with van der Waals surface area (Å²) in [6.45, 7) is 6.60. The van der Waals surface area contributed by atoms with Gasteiger partial charge in [0.1, 0.15) is 16.5 Å². The van der Waals surface area contributed by atoms with Crippen molar-refractivity contribution in [2.75, 3.05) is 23.0 Å². The molecular formula is C20H23N3O2S. The zero-order valence-electron chi connectivity index (χ0n) is 15.2. The lowest BCUT2D eigenvalue weighted by atomic mass is 10.1. The van der Waals surface area contributed by atoms with Crippen LogP contribution in [0.25, 0.3) is 0 Å². The number of hydrogen-bond acceptors (Lipinski definition) is 5. The molecule has 1 aliphatic rings. The number of anilines is 2. The summed E-state index contributed by atoms with van der Waals surface area (Å²) in [7, 11) is 0. The van der Waals surface area contributed by atoms with E-state index >= 15 is 0 Å². The Morgan fingerprint density at radius 3 is 2.65 bits per heavy atom. The first kappa shape index (κ1) is 18.3. The second-order valence-corrected chi connectivity index (χ2v) is 7.40. The average Bonchev–Trinajstić information content (AvgIpc) is 2.61. The van der Waals surface area contributed by atoms with E-state index in [4.69, 9.17) is 9.73 Å². The molecule has 0 spiro atoms. The van der Waals surface area contributed by atoms with Gasteiger partial charge in [-0.2, -0.15) is 0 Å². The summed E-state index contributed by atoms with van der Waals surface area (Å²) in [4.78, 5) is 17.0. The molecule has 26 heavy (non-hydrogen) atoms. The molecule has 2 aromatic rings. The lowest BCUT2D eigenvalue weighted by molar-refractivity contribution is -0.113. The molecule has 136 valence electrons. The maximum atomic E-state index is 12.3. The highest BCUT2D eigenvalue weighted by molar-refractivity contribution is 8.15. The highest BCUT2D eigenvalue weighted by Crippen LogP contribution is 2.31. The van der Waals surface area contributed by atoms with Gasteiger partial charge in [0.15, 0.2) is 0 Å². The van der Waals surface area contributed by atoms with Gasteiger partial charge >= 0.3 is 0 Å². The summed E-state index contributed by atoms with van der Waals surface area (Å²) < 4.78 is 5.41. The normalized spacial score (nSPS) is 14.7. The van der Waals surface area contributed by atoms with Crippen molar-refractivity contribution in [1.29, 1.82) is 0 Å². The second-order valence-electron chi connectivity index (χ2n) is 6.44. The van der Waals surface area contributed by atoms with Crippen molar-refractivity contribution in [3.8, 4) is 5.75 Å². The molecule has 0 bridgehead atoms. The van der Waals surface area contributed by atoms with E-state index in [1.54, 1.807) is 0 Å². The van der Waals surface area contributed by atoms with Crippen LogP contribution in [-0.4, -0.2) is 29.0 Å². The number of fused-ring (bicyclic) bond motifs is 1. The molecule has 0 atom stereocenters. The van der Waals surface area contributed by atoms with E-state index < -0.39 is 0 Å². The largest absolute Gasteiger partial charge is 0.494 e. The van der Waals surface area contributed by atoms with Crippen LogP contribution in [0.4, 0.5) is 11.4 Å². The van der Waals surface area contributed by atoms with E-state index in [0.29, 0.717) is 12.4 Å². The number of carbonyl (C=O) groups excluding carboxylic acids is 1. The minimum absolute atomic E-state index is 0.0596. The van der Waals surface area contributed by atoms with Crippen molar-refractivity contribution in [2.45, 2.75) is 26.4 Å². The van der Waals surface area contributed by atoms with Gasteiger partial charge in [-0.3, -0.25) is 9.79 Å². The number of benzene rings is 2. The van der Waals surface area contributed by atoms with Crippen LogP contribution in [0.3, 0.4) is 0 Å². The monoisotopic (exact) mass is 369 g/mol. The van der Waals surface area contributed by atoms with Gasteiger partial charge in [0.25, 0.3) is 0 Å². The molecule has 0 aliphatic carbocycles. The molecular weight excluding hydrogens is 346 g/mol. The van der Waals surface area contributed by atoms with Gasteiger partial charge in [0.05, 0.1) is 12.4 Å². The molecule has 5 nitrogen and oxygen atoms in total. The van der Waals surface area contributed by atoms with Gasteiger partial charge in [-0.1, -0.05) is 30.0 Å². The van der Waals surface area contributed by atoms with Gasteiger partial charge in [-0.15, -0.1) is 0 Å². The molecule has 0 aromatic heterocycles. The summed E-state index contributed by atoms with van der Waals surface area (Å²) in [5, 5.41) is 7.19. The number of para-hydroxylation sites is 1. The molecule has 1 amide bonds. The Morgan fingerprint density at radius 2 is 1.92 bits per heavy atom. The molecule has 0 saturated heterocycles. The van der Waals surface area contributed by atoms with Crippen LogP contribution in [-0.2, 0) is 4.79 Å². The maximum Gasteiger partial charge on any atom is 0.234 e. The lowest BCUT2D eigenvalue weighted by Crippen LogP contribution is -2.34. The van der Waals surface area contributed by atoms with Crippen LogP contribution >= 0.6 is 11.8 Å². The summed E-state index contributed by atoms with van der Waals surface area (Å²) >= 11 is 1.45. The van der Waals surface area contributed by atoms with E-state index in [9.17, 15) is 4.79 Å². The van der Waals surface area contributed by atoms with Gasteiger partial charge in [0, 0.05) is 16.9 Å². The maximum absolute atomic E-state index is 12.3. The molecule has 2 aromatic carbocycles. The SMILES string of the molecule is CCOc1ccc(NC(=O)CSC2=NC(C)(C)Nc3ccccc32)cc1. The highest BCUT2D eigenvalue weighted by Gasteiger charge is 2.25. The topological polar surface area (TPSA) is 62.7 Å². The quantitative estimate of drug-likeness (QED) is 0.822. The molecule has 0 unspecified atom stereocenters. The Labute approximate surface area is 158 Å². The second kappa shape index (κ2) is 7.83. The Hall–Kier alpha value is -2.47. The van der Waals surface area contributed by atoms with Crippen LogP contribution in [0.1, 0.15) is 26.3 Å². The number of hydrogen-bond donors (Lipinski definition) is 2. The molecule has 0 fully saturated rings. The fourth-order valence-corrected chi connectivity index (χ4v) is 3.66. The predicted molar refractivity (Wildman–Crippen MR) is 109 cm³/mol. The third-order valence-electron chi connectivity index (χ3n) is 3.77. The van der Waals surface area contributed by atoms with Crippen molar-refractivity contribution >= 4 is 34.1 Å². The molecule has 0 saturated carbocycles. The summed E-state index contributed by atoms with van der Waals surface area (Å²) in [6.07, 6.45) is 0. The van der Waals surface area contributed by atoms with Crippen LogP contribution in [0.15, 0.2) is 53.5 Å². The van der Waals surface area contributed by atoms with Crippen molar-refractivity contribution in [3.05, 3.63) is 54.1 Å². The Kier molecular flexibility index (Phi) is 5.52. The van der Waals surface area contributed by atoms with Crippen molar-refractivity contribution < 1.29 is 9.53 Å². The van der Waals surface area contributed by atoms with Gasteiger partial charge in [-0.25, -0.2) is 0 Å². The number of aliphatic imine (C=N–C) groups is 1. The van der Waals surface area contributed by atoms with Crippen LogP contribution in [0.2, 0.25) is 0 Å². The van der Waals surface area contributed by atoms with Crippen LogP contribution in [0, 0.1) is 0 Å². The summed E-state index contributed by atoms with van der Waals surface area (Å²) in [6, 6.07) is 15.4. The van der Waals surface area contributed by atoms with E-state index in [1.807, 2.05) is 69.3 Å². The molecule has 1 heterocycles. The summed E-state index contributed by atoms with van der Waals surface area (Å²) in [5.74, 6) is 1.04. The van der Waals surface area contributed by atoms with Crippen molar-refractivity contribution in [3.63, 3.8) is 0 Å². The number of nitrogens with zero attached hydrogens (tertiary/aromatic N) is 1. The van der Waals surface area contributed by atoms with E-state index in [-0.39, 0.29) is 11.6 Å². The molecule has 2 N–H and O–H groups in total. The van der Waals surface area contributed by atoms with Crippen molar-refractivity contribution in [2.24, 2.45) is 4.99 Å². The van der Waals surface area contributed by atoms with Gasteiger partial charge in [0.2, 0.25) is 5.91 Å². The number of amides is 1.